The van der Waals surface area contributed by atoms with E-state index in [-0.39, 0.29) is 66.4 Å². The molecule has 0 spiro atoms. The van der Waals surface area contributed by atoms with Crippen molar-refractivity contribution in [1.82, 2.24) is 19.9 Å². The second-order valence-electron chi connectivity index (χ2n) is 13.2. The third kappa shape index (κ3) is 4.55. The Hall–Kier alpha value is -3.90. The molecule has 3 fully saturated rings. The summed E-state index contributed by atoms with van der Waals surface area (Å²) in [7, 11) is 0. The van der Waals surface area contributed by atoms with Gasteiger partial charge in [0.1, 0.15) is 47.9 Å². The van der Waals surface area contributed by atoms with E-state index in [9.17, 15) is 9.50 Å². The number of fused-ring (bicyclic) bond motifs is 4. The lowest BCUT2D eigenvalue weighted by atomic mass is 9.94. The summed E-state index contributed by atoms with van der Waals surface area (Å²) in [6.07, 6.45) is 4.09. The Morgan fingerprint density at radius 3 is 2.80 bits per heavy atom. The highest BCUT2D eigenvalue weighted by Crippen LogP contribution is 2.46. The van der Waals surface area contributed by atoms with Gasteiger partial charge in [-0.25, -0.2) is 28.1 Å². The number of pyridine rings is 3. The molecule has 8 rings (SSSR count). The zero-order valence-corrected chi connectivity index (χ0v) is 25.7. The Labute approximate surface area is 264 Å². The van der Waals surface area contributed by atoms with Crippen LogP contribution in [0, 0.1) is 11.6 Å². The fraction of sp³-hybridized carbons (Fsp3) is 0.500. The Morgan fingerprint density at radius 1 is 1.11 bits per heavy atom. The molecule has 0 radical (unpaired) electrons. The minimum absolute atomic E-state index is 0.0298. The fourth-order valence-corrected chi connectivity index (χ4v) is 8.40. The minimum Gasteiger partial charge on any atom is -0.476 e. The first-order chi connectivity index (χ1) is 22.3. The Bertz CT molecular complexity index is 1860. The van der Waals surface area contributed by atoms with E-state index in [0.717, 1.165) is 38.6 Å². The highest BCUT2D eigenvalue weighted by Gasteiger charge is 2.49. The number of aliphatic hydroxyl groups is 1. The van der Waals surface area contributed by atoms with E-state index in [1.807, 2.05) is 6.92 Å². The average Bonchev–Trinajstić information content (AvgIpc) is 3.52. The molecule has 12 heteroatoms. The van der Waals surface area contributed by atoms with Crippen molar-refractivity contribution in [3.63, 3.8) is 0 Å². The van der Waals surface area contributed by atoms with Crippen molar-refractivity contribution in [1.29, 1.82) is 0 Å². The second-order valence-corrected chi connectivity index (χ2v) is 13.2. The van der Waals surface area contributed by atoms with E-state index in [1.165, 1.54) is 6.07 Å². The lowest BCUT2D eigenvalue weighted by Crippen LogP contribution is -2.50. The van der Waals surface area contributed by atoms with Crippen LogP contribution >= 0.6 is 0 Å². The third-order valence-electron chi connectivity index (χ3n) is 10.5. The summed E-state index contributed by atoms with van der Waals surface area (Å²) in [5, 5.41) is 11.8. The Kier molecular flexibility index (Phi) is 7.13. The SMILES string of the molecule is CCc1c(F)ccc2cc(N)nc(-c3nc4c5c(cc(OCC67CCCN6C[C@H](F)C7)nc5c3F)N3[C@@H](CO)CCC[C@H]3CO4)c12. The Morgan fingerprint density at radius 2 is 1.98 bits per heavy atom. The fourth-order valence-electron chi connectivity index (χ4n) is 8.40. The molecule has 46 heavy (non-hydrogen) atoms. The molecule has 1 aromatic carbocycles. The highest BCUT2D eigenvalue weighted by atomic mass is 19.1. The second kappa shape index (κ2) is 11.1. The van der Waals surface area contributed by atoms with Crippen LogP contribution in [0.3, 0.4) is 0 Å². The first-order valence-corrected chi connectivity index (χ1v) is 16.3. The molecule has 0 bridgehead atoms. The van der Waals surface area contributed by atoms with Gasteiger partial charge >= 0.3 is 0 Å². The molecular formula is C34H37F3N6O3. The Balaban J connectivity index is 1.34. The van der Waals surface area contributed by atoms with Crippen molar-refractivity contribution in [3.05, 3.63) is 41.5 Å². The monoisotopic (exact) mass is 634 g/mol. The number of benzene rings is 1. The van der Waals surface area contributed by atoms with Crippen LogP contribution in [0.4, 0.5) is 24.7 Å². The van der Waals surface area contributed by atoms with Crippen molar-refractivity contribution >= 4 is 33.2 Å². The zero-order chi connectivity index (χ0) is 31.7. The summed E-state index contributed by atoms with van der Waals surface area (Å²) in [4.78, 5) is 18.1. The number of rotatable bonds is 6. The van der Waals surface area contributed by atoms with E-state index < -0.39 is 23.3 Å². The standard InChI is InChI=1S/C34H37F3N6O3/c1-2-22-23(36)8-7-18-11-25(38)39-31(27(18)22)32-29(37)30-28-24(43-20(15-44)5-3-6-21(43)16-45-33(28)41-32)12-26(40-30)46-17-34-9-4-10-42(34)14-19(35)13-34/h7-8,11-12,19-21,44H,2-6,9-10,13-17H2,1H3,(H2,38,39)/t19-,20-,21+,34?/m1/s1. The van der Waals surface area contributed by atoms with Crippen molar-refractivity contribution < 1.29 is 27.8 Å². The van der Waals surface area contributed by atoms with Gasteiger partial charge in [-0.3, -0.25) is 4.90 Å². The number of aliphatic hydroxyl groups excluding tert-OH is 1. The molecule has 0 aliphatic carbocycles. The quantitative estimate of drug-likeness (QED) is 0.291. The number of aromatic nitrogens is 3. The van der Waals surface area contributed by atoms with Gasteiger partial charge in [-0.05, 0) is 68.2 Å². The molecule has 242 valence electrons. The third-order valence-corrected chi connectivity index (χ3v) is 10.5. The molecular weight excluding hydrogens is 597 g/mol. The van der Waals surface area contributed by atoms with Crippen LogP contribution < -0.4 is 20.1 Å². The molecule has 4 atom stereocenters. The number of hydrogen-bond donors (Lipinski definition) is 2. The maximum Gasteiger partial charge on any atom is 0.226 e. The zero-order valence-electron chi connectivity index (χ0n) is 25.7. The summed E-state index contributed by atoms with van der Waals surface area (Å²) < 4.78 is 59.3. The molecule has 4 aliphatic heterocycles. The van der Waals surface area contributed by atoms with Gasteiger partial charge in [-0.1, -0.05) is 13.0 Å². The van der Waals surface area contributed by atoms with Crippen molar-refractivity contribution in [2.45, 2.75) is 75.7 Å². The van der Waals surface area contributed by atoms with Gasteiger partial charge in [0.25, 0.3) is 0 Å². The van der Waals surface area contributed by atoms with Crippen molar-refractivity contribution in [3.8, 4) is 23.1 Å². The van der Waals surface area contributed by atoms with Gasteiger partial charge in [-0.2, -0.15) is 0 Å². The number of nitrogens with zero attached hydrogens (tertiary/aromatic N) is 5. The normalized spacial score (nSPS) is 25.8. The van der Waals surface area contributed by atoms with Crippen LogP contribution in [0.2, 0.25) is 0 Å². The molecule has 0 amide bonds. The van der Waals surface area contributed by atoms with Gasteiger partial charge in [0.05, 0.1) is 35.3 Å². The molecule has 3 aromatic heterocycles. The molecule has 3 N–H and O–H groups in total. The average molecular weight is 635 g/mol. The molecule has 7 heterocycles. The number of piperidine rings is 1. The van der Waals surface area contributed by atoms with Crippen LogP contribution in [0.25, 0.3) is 33.1 Å². The molecule has 4 aromatic rings. The smallest absolute Gasteiger partial charge is 0.226 e. The minimum atomic E-state index is -0.915. The predicted molar refractivity (Wildman–Crippen MR) is 169 cm³/mol. The number of hydrogen-bond acceptors (Lipinski definition) is 9. The molecule has 9 nitrogen and oxygen atoms in total. The number of aryl methyl sites for hydroxylation is 1. The number of nitrogens with two attached hydrogens (primary N) is 1. The summed E-state index contributed by atoms with van der Waals surface area (Å²) in [6.45, 7) is 3.44. The van der Waals surface area contributed by atoms with E-state index in [2.05, 4.69) is 14.8 Å². The van der Waals surface area contributed by atoms with Crippen LogP contribution in [0.1, 0.15) is 51.0 Å². The molecule has 3 saturated heterocycles. The molecule has 1 unspecified atom stereocenters. The van der Waals surface area contributed by atoms with Gasteiger partial charge in [0, 0.05) is 24.4 Å². The number of alkyl halides is 1. The van der Waals surface area contributed by atoms with Crippen LogP contribution in [-0.4, -0.2) is 81.7 Å². The van der Waals surface area contributed by atoms with E-state index in [1.54, 1.807) is 18.2 Å². The maximum absolute atomic E-state index is 17.1. The number of nitrogen functional groups attached to an aromatic ring is 1. The summed E-state index contributed by atoms with van der Waals surface area (Å²) in [5.41, 5.74) is 6.69. The first kappa shape index (κ1) is 29.5. The summed E-state index contributed by atoms with van der Waals surface area (Å²) in [5.74, 6) is -0.678. The number of halogens is 3. The van der Waals surface area contributed by atoms with Gasteiger partial charge < -0.3 is 25.2 Å². The van der Waals surface area contributed by atoms with Crippen molar-refractivity contribution in [2.75, 3.05) is 43.5 Å². The van der Waals surface area contributed by atoms with Crippen LogP contribution in [0.15, 0.2) is 24.3 Å². The van der Waals surface area contributed by atoms with Gasteiger partial charge in [0.2, 0.25) is 11.8 Å². The molecule has 4 aliphatic rings. The lowest BCUT2D eigenvalue weighted by molar-refractivity contribution is 0.111. The van der Waals surface area contributed by atoms with Crippen LogP contribution in [-0.2, 0) is 6.42 Å². The maximum atomic E-state index is 17.1. The first-order valence-electron chi connectivity index (χ1n) is 16.3. The predicted octanol–water partition coefficient (Wildman–Crippen LogP) is 5.34. The number of anilines is 2. The van der Waals surface area contributed by atoms with Crippen LogP contribution in [0.5, 0.6) is 11.8 Å². The lowest BCUT2D eigenvalue weighted by Gasteiger charge is -2.42. The van der Waals surface area contributed by atoms with Gasteiger partial charge in [-0.15, -0.1) is 0 Å². The van der Waals surface area contributed by atoms with E-state index >= 15 is 8.78 Å². The topological polar surface area (TPSA) is 110 Å². The van der Waals surface area contributed by atoms with E-state index in [0.29, 0.717) is 46.8 Å². The van der Waals surface area contributed by atoms with Gasteiger partial charge in [0.15, 0.2) is 5.82 Å². The molecule has 0 saturated carbocycles. The highest BCUT2D eigenvalue weighted by molar-refractivity contribution is 6.03. The van der Waals surface area contributed by atoms with E-state index in [4.69, 9.17) is 25.2 Å². The van der Waals surface area contributed by atoms with Crippen molar-refractivity contribution in [2.24, 2.45) is 0 Å². The largest absolute Gasteiger partial charge is 0.476 e. The number of ether oxygens (including phenoxy) is 2. The summed E-state index contributed by atoms with van der Waals surface area (Å²) in [6, 6.07) is 6.07. The summed E-state index contributed by atoms with van der Waals surface area (Å²) >= 11 is 0.